The first-order chi connectivity index (χ1) is 12.1. The third-order valence-corrected chi connectivity index (χ3v) is 4.52. The predicted molar refractivity (Wildman–Crippen MR) is 90.5 cm³/mol. The fraction of sp³-hybridized carbons (Fsp3) is 0.471. The molecule has 1 aromatic carbocycles. The lowest BCUT2D eigenvalue weighted by atomic mass is 10.2. The molecule has 1 unspecified atom stereocenters. The maximum absolute atomic E-state index is 12.8. The summed E-state index contributed by atoms with van der Waals surface area (Å²) in [5.74, 6) is 1.33. The van der Waals surface area contributed by atoms with Crippen LogP contribution in [0.25, 0.3) is 5.69 Å². The van der Waals surface area contributed by atoms with E-state index in [1.54, 1.807) is 4.68 Å². The smallest absolute Gasteiger partial charge is 0.276 e. The highest BCUT2D eigenvalue weighted by atomic mass is 16.6. The van der Waals surface area contributed by atoms with Crippen LogP contribution in [0.2, 0.25) is 0 Å². The minimum absolute atomic E-state index is 0.0744. The fourth-order valence-electron chi connectivity index (χ4n) is 3.20. The first-order valence-electron chi connectivity index (χ1n) is 8.48. The van der Waals surface area contributed by atoms with Gasteiger partial charge in [0.25, 0.3) is 5.91 Å². The van der Waals surface area contributed by atoms with Crippen LogP contribution < -0.4 is 14.8 Å². The number of carbonyl (C=O) groups is 1. The van der Waals surface area contributed by atoms with Crippen LogP contribution in [0.1, 0.15) is 23.1 Å². The van der Waals surface area contributed by atoms with Crippen LogP contribution in [0, 0.1) is 6.92 Å². The number of benzene rings is 1. The quantitative estimate of drug-likeness (QED) is 0.868. The minimum atomic E-state index is -0.0744. The Morgan fingerprint density at radius 1 is 1.28 bits per heavy atom. The number of carbonyl (C=O) groups excluding carboxylic acids is 1. The van der Waals surface area contributed by atoms with Crippen molar-refractivity contribution in [3.05, 3.63) is 29.6 Å². The van der Waals surface area contributed by atoms with Crippen molar-refractivity contribution in [1.29, 1.82) is 0 Å². The summed E-state index contributed by atoms with van der Waals surface area (Å²) < 4.78 is 12.8. The highest BCUT2D eigenvalue weighted by Crippen LogP contribution is 2.32. The molecule has 0 radical (unpaired) electrons. The molecule has 132 valence electrons. The molecule has 1 amide bonds. The topological polar surface area (TPSA) is 81.5 Å². The number of amides is 1. The molecule has 2 aliphatic rings. The molecule has 1 fully saturated rings. The summed E-state index contributed by atoms with van der Waals surface area (Å²) in [7, 11) is 0. The molecule has 2 aromatic rings. The van der Waals surface area contributed by atoms with E-state index in [2.05, 4.69) is 22.6 Å². The summed E-state index contributed by atoms with van der Waals surface area (Å²) in [5, 5.41) is 11.6. The van der Waals surface area contributed by atoms with E-state index in [1.165, 1.54) is 0 Å². The lowest BCUT2D eigenvalue weighted by Crippen LogP contribution is -2.51. The van der Waals surface area contributed by atoms with Crippen molar-refractivity contribution in [3.63, 3.8) is 0 Å². The van der Waals surface area contributed by atoms with Crippen molar-refractivity contribution in [2.75, 3.05) is 32.8 Å². The Balaban J connectivity index is 1.62. The van der Waals surface area contributed by atoms with E-state index in [1.807, 2.05) is 30.0 Å². The molecule has 0 spiro atoms. The summed E-state index contributed by atoms with van der Waals surface area (Å²) in [6.07, 6.45) is 0. The Hall–Kier alpha value is -2.61. The molecule has 3 heterocycles. The second kappa shape index (κ2) is 6.36. The molecule has 0 bridgehead atoms. The maximum atomic E-state index is 12.8. The van der Waals surface area contributed by atoms with Gasteiger partial charge in [-0.1, -0.05) is 5.21 Å². The first kappa shape index (κ1) is 15.9. The number of nitrogens with zero attached hydrogens (tertiary/aromatic N) is 4. The van der Waals surface area contributed by atoms with Crippen molar-refractivity contribution < 1.29 is 14.3 Å². The van der Waals surface area contributed by atoms with Gasteiger partial charge in [0.15, 0.2) is 17.2 Å². The number of piperazine rings is 1. The summed E-state index contributed by atoms with van der Waals surface area (Å²) in [5.41, 5.74) is 1.90. The van der Waals surface area contributed by atoms with Crippen LogP contribution >= 0.6 is 0 Å². The molecule has 25 heavy (non-hydrogen) atoms. The lowest BCUT2D eigenvalue weighted by Gasteiger charge is -2.31. The fourth-order valence-corrected chi connectivity index (χ4v) is 3.20. The number of hydrogen-bond acceptors (Lipinski definition) is 6. The molecule has 1 saturated heterocycles. The third kappa shape index (κ3) is 2.93. The number of hydrogen-bond donors (Lipinski definition) is 1. The van der Waals surface area contributed by atoms with Gasteiger partial charge in [-0.3, -0.25) is 4.79 Å². The Labute approximate surface area is 145 Å². The maximum Gasteiger partial charge on any atom is 0.276 e. The number of fused-ring (bicyclic) bond motifs is 1. The van der Waals surface area contributed by atoms with Gasteiger partial charge in [-0.15, -0.1) is 5.10 Å². The highest BCUT2D eigenvalue weighted by Gasteiger charge is 2.26. The number of nitrogens with one attached hydrogen (secondary N) is 1. The van der Waals surface area contributed by atoms with Gasteiger partial charge in [-0.05, 0) is 26.0 Å². The molecular formula is C17H21N5O3. The summed E-state index contributed by atoms with van der Waals surface area (Å²) >= 11 is 0. The van der Waals surface area contributed by atoms with E-state index in [0.717, 1.165) is 18.0 Å². The summed E-state index contributed by atoms with van der Waals surface area (Å²) in [6.45, 7) is 7.15. The Morgan fingerprint density at radius 2 is 2.08 bits per heavy atom. The molecule has 8 nitrogen and oxygen atoms in total. The number of aromatic nitrogens is 3. The first-order valence-corrected chi connectivity index (χ1v) is 8.48. The van der Waals surface area contributed by atoms with Gasteiger partial charge in [0.2, 0.25) is 0 Å². The standard InChI is InChI=1S/C17H21N5O3/c1-11-10-21(6-5-18-11)17(23)16-12(2)22(20-19-16)13-3-4-14-15(9-13)25-8-7-24-14/h3-4,9,11,18H,5-8,10H2,1-2H3. The van der Waals surface area contributed by atoms with Gasteiger partial charge in [0.05, 0.1) is 11.4 Å². The molecule has 2 aliphatic heterocycles. The van der Waals surface area contributed by atoms with Gasteiger partial charge >= 0.3 is 0 Å². The zero-order chi connectivity index (χ0) is 17.4. The van der Waals surface area contributed by atoms with Crippen molar-refractivity contribution in [1.82, 2.24) is 25.2 Å². The van der Waals surface area contributed by atoms with Crippen LogP contribution in [-0.2, 0) is 0 Å². The monoisotopic (exact) mass is 343 g/mol. The molecule has 1 atom stereocenters. The number of rotatable bonds is 2. The van der Waals surface area contributed by atoms with Crippen molar-refractivity contribution in [2.24, 2.45) is 0 Å². The van der Waals surface area contributed by atoms with Crippen LogP contribution in [-0.4, -0.2) is 64.7 Å². The lowest BCUT2D eigenvalue weighted by molar-refractivity contribution is 0.0702. The Morgan fingerprint density at radius 3 is 2.88 bits per heavy atom. The molecule has 1 N–H and O–H groups in total. The molecule has 0 saturated carbocycles. The van der Waals surface area contributed by atoms with Gasteiger partial charge in [0, 0.05) is 31.7 Å². The normalized spacial score (nSPS) is 19.8. The van der Waals surface area contributed by atoms with Crippen molar-refractivity contribution >= 4 is 5.91 Å². The largest absolute Gasteiger partial charge is 0.486 e. The SMILES string of the molecule is Cc1c(C(=O)N2CCNC(C)C2)nnn1-c1ccc2c(c1)OCCO2. The van der Waals surface area contributed by atoms with E-state index in [-0.39, 0.29) is 11.9 Å². The van der Waals surface area contributed by atoms with Gasteiger partial charge in [-0.25, -0.2) is 4.68 Å². The highest BCUT2D eigenvalue weighted by molar-refractivity contribution is 5.93. The van der Waals surface area contributed by atoms with Gasteiger partial charge in [0.1, 0.15) is 13.2 Å². The molecular weight excluding hydrogens is 322 g/mol. The van der Waals surface area contributed by atoms with Gasteiger partial charge in [-0.2, -0.15) is 0 Å². The molecule has 4 rings (SSSR count). The van der Waals surface area contributed by atoms with E-state index in [4.69, 9.17) is 9.47 Å². The zero-order valence-electron chi connectivity index (χ0n) is 14.4. The third-order valence-electron chi connectivity index (χ3n) is 4.52. The molecule has 8 heteroatoms. The second-order valence-electron chi connectivity index (χ2n) is 6.37. The Bertz CT molecular complexity index is 804. The van der Waals surface area contributed by atoms with Crippen LogP contribution in [0.5, 0.6) is 11.5 Å². The second-order valence-corrected chi connectivity index (χ2v) is 6.37. The van der Waals surface area contributed by atoms with Crippen molar-refractivity contribution in [3.8, 4) is 17.2 Å². The summed E-state index contributed by atoms with van der Waals surface area (Å²) in [4.78, 5) is 14.6. The van der Waals surface area contributed by atoms with E-state index in [0.29, 0.717) is 43.4 Å². The average Bonchev–Trinajstić information content (AvgIpc) is 3.02. The molecule has 1 aromatic heterocycles. The van der Waals surface area contributed by atoms with Crippen LogP contribution in [0.4, 0.5) is 0 Å². The van der Waals surface area contributed by atoms with Gasteiger partial charge < -0.3 is 19.7 Å². The van der Waals surface area contributed by atoms with Crippen LogP contribution in [0.15, 0.2) is 18.2 Å². The van der Waals surface area contributed by atoms with Crippen LogP contribution in [0.3, 0.4) is 0 Å². The summed E-state index contributed by atoms with van der Waals surface area (Å²) in [6, 6.07) is 5.88. The Kier molecular flexibility index (Phi) is 4.04. The van der Waals surface area contributed by atoms with Crippen molar-refractivity contribution in [2.45, 2.75) is 19.9 Å². The molecule has 0 aliphatic carbocycles. The minimum Gasteiger partial charge on any atom is -0.486 e. The average molecular weight is 343 g/mol. The number of ether oxygens (including phenoxy) is 2. The zero-order valence-corrected chi connectivity index (χ0v) is 14.4. The van der Waals surface area contributed by atoms with E-state index in [9.17, 15) is 4.79 Å². The van der Waals surface area contributed by atoms with E-state index >= 15 is 0 Å². The predicted octanol–water partition coefficient (Wildman–Crippen LogP) is 0.781. The van der Waals surface area contributed by atoms with E-state index < -0.39 is 0 Å².